The maximum Gasteiger partial charge on any atom is 0.407 e. The van der Waals surface area contributed by atoms with Gasteiger partial charge in [0, 0.05) is 13.2 Å². The van der Waals surface area contributed by atoms with Gasteiger partial charge in [-0.05, 0) is 29.5 Å². The zero-order chi connectivity index (χ0) is 18.8. The molecule has 2 unspecified atom stereocenters. The maximum atomic E-state index is 11.7. The number of aliphatic hydroxyl groups is 3. The van der Waals surface area contributed by atoms with E-state index in [9.17, 15) is 15.0 Å². The monoisotopic (exact) mass is 359 g/mol. The minimum absolute atomic E-state index is 0.0573. The summed E-state index contributed by atoms with van der Waals surface area (Å²) in [6.07, 6.45) is -1.80. The van der Waals surface area contributed by atoms with Gasteiger partial charge < -0.3 is 25.4 Å². The molecule has 0 aliphatic heterocycles. The van der Waals surface area contributed by atoms with Crippen molar-refractivity contribution >= 4 is 6.09 Å². The normalized spacial score (nSPS) is 13.0. The zero-order valence-corrected chi connectivity index (χ0v) is 14.5. The molecule has 0 heterocycles. The number of nitrogens with one attached hydrogen (secondary N) is 1. The van der Waals surface area contributed by atoms with E-state index in [1.807, 2.05) is 42.5 Å². The van der Waals surface area contributed by atoms with Gasteiger partial charge in [0.05, 0.1) is 0 Å². The van der Waals surface area contributed by atoms with Gasteiger partial charge >= 0.3 is 6.09 Å². The van der Waals surface area contributed by atoms with E-state index in [2.05, 4.69) is 5.32 Å². The van der Waals surface area contributed by atoms with Gasteiger partial charge in [-0.2, -0.15) is 0 Å². The van der Waals surface area contributed by atoms with Gasteiger partial charge in [-0.25, -0.2) is 4.79 Å². The topological polar surface area (TPSA) is 99.0 Å². The highest BCUT2D eigenvalue weighted by Gasteiger charge is 2.21. The number of carbonyl (C=O) groups is 1. The van der Waals surface area contributed by atoms with Crippen LogP contribution in [-0.4, -0.2) is 40.7 Å². The van der Waals surface area contributed by atoms with Crippen LogP contribution in [0.25, 0.3) is 0 Å². The Kier molecular flexibility index (Phi) is 8.08. The fourth-order valence-corrected chi connectivity index (χ4v) is 2.60. The maximum absolute atomic E-state index is 11.7. The molecule has 26 heavy (non-hydrogen) atoms. The third-order valence-electron chi connectivity index (χ3n) is 4.01. The van der Waals surface area contributed by atoms with Gasteiger partial charge in [0.25, 0.3) is 0 Å². The Morgan fingerprint density at radius 1 is 1.04 bits per heavy atom. The van der Waals surface area contributed by atoms with E-state index in [1.54, 1.807) is 12.1 Å². The van der Waals surface area contributed by atoms with Gasteiger partial charge in [0.15, 0.2) is 0 Å². The Bertz CT molecular complexity index is 677. The number of alkyl carbamates (subject to hydrolysis) is 1. The summed E-state index contributed by atoms with van der Waals surface area (Å²) >= 11 is 0. The molecular formula is C20H25NO5. The van der Waals surface area contributed by atoms with E-state index < -0.39 is 18.3 Å². The molecule has 0 spiro atoms. The molecule has 2 rings (SSSR count). The molecule has 1 amide bonds. The van der Waals surface area contributed by atoms with Gasteiger partial charge in [0.2, 0.25) is 0 Å². The molecule has 2 aromatic rings. The molecule has 6 nitrogen and oxygen atoms in total. The second-order valence-corrected chi connectivity index (χ2v) is 5.98. The summed E-state index contributed by atoms with van der Waals surface area (Å²) in [5.74, 6) is 0. The lowest BCUT2D eigenvalue weighted by molar-refractivity contribution is 0.0179. The van der Waals surface area contributed by atoms with Crippen molar-refractivity contribution in [2.24, 2.45) is 0 Å². The Morgan fingerprint density at radius 3 is 2.46 bits per heavy atom. The lowest BCUT2D eigenvalue weighted by atomic mass is 9.96. The standard InChI is InChI=1S/C20H25NO5/c22-12-6-10-16-9-4-5-11-17(16)19(24)18(23)13-21-20(25)26-14-15-7-2-1-3-8-15/h1-5,7-9,11,18-19,22-24H,6,10,12-14H2,(H,21,25). The van der Waals surface area contributed by atoms with Crippen molar-refractivity contribution in [1.82, 2.24) is 5.32 Å². The Hall–Kier alpha value is -2.41. The number of hydrogen-bond acceptors (Lipinski definition) is 5. The lowest BCUT2D eigenvalue weighted by Gasteiger charge is -2.21. The molecule has 0 radical (unpaired) electrons. The largest absolute Gasteiger partial charge is 0.445 e. The van der Waals surface area contributed by atoms with Crippen LogP contribution in [0.4, 0.5) is 4.79 Å². The molecule has 0 aliphatic carbocycles. The van der Waals surface area contributed by atoms with Crippen molar-refractivity contribution in [3.8, 4) is 0 Å². The number of amides is 1. The molecule has 0 aliphatic rings. The summed E-state index contributed by atoms with van der Waals surface area (Å²) in [6.45, 7) is 0.0558. The lowest BCUT2D eigenvalue weighted by Crippen LogP contribution is -2.36. The first-order valence-electron chi connectivity index (χ1n) is 8.61. The van der Waals surface area contributed by atoms with Crippen LogP contribution in [0.3, 0.4) is 0 Å². The predicted octanol–water partition coefficient (Wildman–Crippen LogP) is 1.93. The molecule has 6 heteroatoms. The van der Waals surface area contributed by atoms with Gasteiger partial charge in [-0.15, -0.1) is 0 Å². The first-order chi connectivity index (χ1) is 12.6. The van der Waals surface area contributed by atoms with Gasteiger partial charge in [-0.1, -0.05) is 54.6 Å². The minimum atomic E-state index is -1.17. The van der Waals surface area contributed by atoms with Crippen LogP contribution in [0.5, 0.6) is 0 Å². The van der Waals surface area contributed by atoms with E-state index in [0.717, 1.165) is 11.1 Å². The first kappa shape index (κ1) is 19.9. The van der Waals surface area contributed by atoms with Crippen LogP contribution in [-0.2, 0) is 17.8 Å². The van der Waals surface area contributed by atoms with Crippen molar-refractivity contribution < 1.29 is 24.9 Å². The van der Waals surface area contributed by atoms with Gasteiger partial charge in [-0.3, -0.25) is 0 Å². The Labute approximate surface area is 153 Å². The number of aliphatic hydroxyl groups excluding tert-OH is 3. The summed E-state index contributed by atoms with van der Waals surface area (Å²) in [4.78, 5) is 11.7. The smallest absolute Gasteiger partial charge is 0.407 e. The molecule has 0 saturated heterocycles. The van der Waals surface area contributed by atoms with E-state index >= 15 is 0 Å². The fourth-order valence-electron chi connectivity index (χ4n) is 2.60. The SMILES string of the molecule is O=C(NCC(O)C(O)c1ccccc1CCCO)OCc1ccccc1. The highest BCUT2D eigenvalue weighted by atomic mass is 16.5. The van der Waals surface area contributed by atoms with Crippen molar-refractivity contribution in [2.45, 2.75) is 31.7 Å². The number of aryl methyl sites for hydroxylation is 1. The number of carbonyl (C=O) groups excluding carboxylic acids is 1. The molecule has 140 valence electrons. The molecule has 0 saturated carbocycles. The Balaban J connectivity index is 1.83. The molecule has 2 aromatic carbocycles. The highest BCUT2D eigenvalue weighted by molar-refractivity contribution is 5.67. The third kappa shape index (κ3) is 6.15. The number of ether oxygens (including phenoxy) is 1. The quantitative estimate of drug-likeness (QED) is 0.548. The molecule has 0 bridgehead atoms. The summed E-state index contributed by atoms with van der Waals surface area (Å²) in [7, 11) is 0. The molecule has 0 fully saturated rings. The highest BCUT2D eigenvalue weighted by Crippen LogP contribution is 2.22. The van der Waals surface area contributed by atoms with E-state index in [1.165, 1.54) is 0 Å². The second kappa shape index (κ2) is 10.6. The third-order valence-corrected chi connectivity index (χ3v) is 4.01. The van der Waals surface area contributed by atoms with E-state index in [4.69, 9.17) is 9.84 Å². The van der Waals surface area contributed by atoms with Crippen LogP contribution in [0.2, 0.25) is 0 Å². The van der Waals surface area contributed by atoms with Gasteiger partial charge in [0.1, 0.15) is 18.8 Å². The van der Waals surface area contributed by atoms with E-state index in [0.29, 0.717) is 18.4 Å². The summed E-state index contributed by atoms with van der Waals surface area (Å²) < 4.78 is 5.07. The Morgan fingerprint density at radius 2 is 1.73 bits per heavy atom. The van der Waals surface area contributed by atoms with Crippen molar-refractivity contribution in [3.05, 3.63) is 71.3 Å². The van der Waals surface area contributed by atoms with Crippen LogP contribution in [0, 0.1) is 0 Å². The van der Waals surface area contributed by atoms with E-state index in [-0.39, 0.29) is 19.8 Å². The average Bonchev–Trinajstić information content (AvgIpc) is 2.69. The van der Waals surface area contributed by atoms with Crippen LogP contribution < -0.4 is 5.32 Å². The van der Waals surface area contributed by atoms with Crippen molar-refractivity contribution in [3.63, 3.8) is 0 Å². The average molecular weight is 359 g/mol. The zero-order valence-electron chi connectivity index (χ0n) is 14.5. The number of hydrogen-bond donors (Lipinski definition) is 4. The molecule has 2 atom stereocenters. The van der Waals surface area contributed by atoms with Crippen molar-refractivity contribution in [1.29, 1.82) is 0 Å². The second-order valence-electron chi connectivity index (χ2n) is 5.98. The molecular weight excluding hydrogens is 334 g/mol. The fraction of sp³-hybridized carbons (Fsp3) is 0.350. The minimum Gasteiger partial charge on any atom is -0.445 e. The number of benzene rings is 2. The summed E-state index contributed by atoms with van der Waals surface area (Å²) in [5.41, 5.74) is 2.31. The van der Waals surface area contributed by atoms with Crippen LogP contribution in [0.15, 0.2) is 54.6 Å². The van der Waals surface area contributed by atoms with Crippen molar-refractivity contribution in [2.75, 3.05) is 13.2 Å². The molecule has 0 aromatic heterocycles. The molecule has 4 N–H and O–H groups in total. The first-order valence-corrected chi connectivity index (χ1v) is 8.61. The summed E-state index contributed by atoms with van der Waals surface area (Å²) in [6, 6.07) is 16.5. The number of rotatable bonds is 9. The van der Waals surface area contributed by atoms with Crippen LogP contribution >= 0.6 is 0 Å². The summed E-state index contributed by atoms with van der Waals surface area (Å²) in [5, 5.41) is 32.0. The predicted molar refractivity (Wildman–Crippen MR) is 97.4 cm³/mol. The van der Waals surface area contributed by atoms with Crippen LogP contribution in [0.1, 0.15) is 29.2 Å².